The summed E-state index contributed by atoms with van der Waals surface area (Å²) in [5.41, 5.74) is -5.22. The molecule has 0 atom stereocenters. The molecule has 0 bridgehead atoms. The lowest BCUT2D eigenvalue weighted by atomic mass is 10.2. The average Bonchev–Trinajstić information content (AvgIpc) is 2.38. The maximum Gasteiger partial charge on any atom is 0.501 e. The molecule has 0 N–H and O–H groups in total. The van der Waals surface area contributed by atoms with Crippen LogP contribution in [0.3, 0.4) is 0 Å². The summed E-state index contributed by atoms with van der Waals surface area (Å²) >= 11 is 3.26. The highest BCUT2D eigenvalue weighted by Crippen LogP contribution is 2.36. The van der Waals surface area contributed by atoms with E-state index in [2.05, 4.69) is 15.9 Å². The Bertz CT molecular complexity index is 573. The van der Waals surface area contributed by atoms with E-state index in [1.165, 1.54) is 18.2 Å². The maximum absolute atomic E-state index is 12.8. The zero-order chi connectivity index (χ0) is 16.3. The molecule has 0 aliphatic heterocycles. The van der Waals surface area contributed by atoms with Crippen molar-refractivity contribution >= 4 is 31.5 Å². The highest BCUT2D eigenvalue weighted by atomic mass is 79.9. The average molecular weight is 388 g/mol. The summed E-state index contributed by atoms with van der Waals surface area (Å²) in [5, 5.41) is 0.685. The van der Waals surface area contributed by atoms with Gasteiger partial charge in [-0.1, -0.05) is 28.1 Å². The van der Waals surface area contributed by atoms with E-state index in [0.29, 0.717) is 18.3 Å². The van der Waals surface area contributed by atoms with Crippen LogP contribution in [-0.2, 0) is 9.84 Å². The van der Waals surface area contributed by atoms with Crippen molar-refractivity contribution in [1.82, 2.24) is 0 Å². The van der Waals surface area contributed by atoms with Crippen molar-refractivity contribution in [3.8, 4) is 0 Å². The van der Waals surface area contributed by atoms with Crippen molar-refractivity contribution < 1.29 is 21.6 Å². The summed E-state index contributed by atoms with van der Waals surface area (Å²) in [6.45, 7) is 4.09. The van der Waals surface area contributed by atoms with E-state index >= 15 is 0 Å². The van der Waals surface area contributed by atoms with Crippen LogP contribution in [0, 0.1) is 0 Å². The Kier molecular flexibility index (Phi) is 6.10. The van der Waals surface area contributed by atoms with Gasteiger partial charge in [-0.3, -0.25) is 0 Å². The van der Waals surface area contributed by atoms with Crippen LogP contribution in [0.2, 0.25) is 0 Å². The molecular formula is C13H17BrF3NO2S. The second kappa shape index (κ2) is 7.00. The number of sulfone groups is 1. The molecule has 0 aliphatic rings. The number of alkyl halides is 4. The minimum absolute atomic E-state index is 0.0887. The Balaban J connectivity index is 3.38. The van der Waals surface area contributed by atoms with Gasteiger partial charge in [-0.15, -0.1) is 0 Å². The van der Waals surface area contributed by atoms with E-state index < -0.39 is 20.2 Å². The van der Waals surface area contributed by atoms with Gasteiger partial charge in [0.1, 0.15) is 0 Å². The minimum Gasteiger partial charge on any atom is -0.368 e. The molecule has 0 amide bonds. The number of anilines is 1. The number of para-hydroxylation sites is 1. The first-order valence-corrected chi connectivity index (χ1v) is 8.96. The van der Waals surface area contributed by atoms with E-state index in [4.69, 9.17) is 0 Å². The molecule has 8 heteroatoms. The molecule has 0 radical (unpaired) electrons. The molecule has 0 aliphatic carbocycles. The molecule has 0 saturated carbocycles. The molecule has 0 fully saturated rings. The lowest BCUT2D eigenvalue weighted by molar-refractivity contribution is -0.0435. The van der Waals surface area contributed by atoms with Crippen molar-refractivity contribution in [2.24, 2.45) is 0 Å². The molecule has 0 unspecified atom stereocenters. The highest BCUT2D eigenvalue weighted by Gasteiger charge is 2.48. The Labute approximate surface area is 131 Å². The topological polar surface area (TPSA) is 37.4 Å². The zero-order valence-electron chi connectivity index (χ0n) is 11.7. The molecule has 0 spiro atoms. The van der Waals surface area contributed by atoms with Gasteiger partial charge in [0.05, 0.1) is 10.6 Å². The first-order chi connectivity index (χ1) is 9.63. The van der Waals surface area contributed by atoms with Crippen LogP contribution in [0.15, 0.2) is 29.2 Å². The van der Waals surface area contributed by atoms with Gasteiger partial charge < -0.3 is 4.90 Å². The second-order valence-electron chi connectivity index (χ2n) is 4.75. The highest BCUT2D eigenvalue weighted by molar-refractivity contribution is 9.09. The first kappa shape index (κ1) is 18.3. The standard InChI is InChI=1S/C13H17BrF3NO2S/c1-10(2)18(9-5-8-14)11-6-3-4-7-12(11)21(19,20)13(15,16)17/h3-4,6-7,10H,5,8-9H2,1-2H3. The van der Waals surface area contributed by atoms with Gasteiger partial charge in [0.25, 0.3) is 9.84 Å². The fourth-order valence-corrected chi connectivity index (χ4v) is 3.15. The normalized spacial score (nSPS) is 12.7. The number of benzene rings is 1. The summed E-state index contributed by atoms with van der Waals surface area (Å²) < 4.78 is 61.8. The van der Waals surface area contributed by atoms with Gasteiger partial charge in [0.15, 0.2) is 0 Å². The van der Waals surface area contributed by atoms with E-state index in [1.54, 1.807) is 4.90 Å². The van der Waals surface area contributed by atoms with Crippen LogP contribution in [0.5, 0.6) is 0 Å². The predicted octanol–water partition coefficient (Wildman–Crippen LogP) is 3.98. The van der Waals surface area contributed by atoms with Crippen LogP contribution < -0.4 is 4.90 Å². The van der Waals surface area contributed by atoms with E-state index in [-0.39, 0.29) is 11.7 Å². The lowest BCUT2D eigenvalue weighted by Gasteiger charge is -2.30. The van der Waals surface area contributed by atoms with Crippen LogP contribution in [0.4, 0.5) is 18.9 Å². The van der Waals surface area contributed by atoms with E-state index in [9.17, 15) is 21.6 Å². The van der Waals surface area contributed by atoms with Gasteiger partial charge in [-0.05, 0) is 32.4 Å². The minimum atomic E-state index is -5.36. The summed E-state index contributed by atoms with van der Waals surface area (Å²) in [7, 11) is -5.36. The second-order valence-corrected chi connectivity index (χ2v) is 7.45. The third-order valence-corrected chi connectivity index (χ3v) is 5.02. The maximum atomic E-state index is 12.8. The largest absolute Gasteiger partial charge is 0.501 e. The van der Waals surface area contributed by atoms with Crippen molar-refractivity contribution in [2.45, 2.75) is 36.7 Å². The quantitative estimate of drug-likeness (QED) is 0.692. The number of hydrogen-bond donors (Lipinski definition) is 0. The molecule has 1 aromatic carbocycles. The van der Waals surface area contributed by atoms with Crippen molar-refractivity contribution in [3.05, 3.63) is 24.3 Å². The van der Waals surface area contributed by atoms with Gasteiger partial charge in [0, 0.05) is 17.9 Å². The van der Waals surface area contributed by atoms with Crippen LogP contribution in [-0.4, -0.2) is 31.8 Å². The Morgan fingerprint density at radius 2 is 1.81 bits per heavy atom. The number of nitrogens with zero attached hydrogens (tertiary/aromatic N) is 1. The summed E-state index contributed by atoms with van der Waals surface area (Å²) in [6, 6.07) is 5.13. The molecule has 120 valence electrons. The summed E-state index contributed by atoms with van der Waals surface area (Å²) in [5.74, 6) is 0. The van der Waals surface area contributed by atoms with Crippen LogP contribution in [0.25, 0.3) is 0 Å². The Morgan fingerprint density at radius 3 is 2.29 bits per heavy atom. The van der Waals surface area contributed by atoms with E-state index in [0.717, 1.165) is 6.07 Å². The molecule has 1 aromatic rings. The molecular weight excluding hydrogens is 371 g/mol. The van der Waals surface area contributed by atoms with Gasteiger partial charge in [-0.25, -0.2) is 8.42 Å². The summed E-state index contributed by atoms with van der Waals surface area (Å²) in [4.78, 5) is 0.973. The van der Waals surface area contributed by atoms with E-state index in [1.807, 2.05) is 13.8 Å². The predicted molar refractivity (Wildman–Crippen MR) is 80.6 cm³/mol. The number of rotatable bonds is 6. The van der Waals surface area contributed by atoms with Gasteiger partial charge in [-0.2, -0.15) is 13.2 Å². The van der Waals surface area contributed by atoms with Gasteiger partial charge >= 0.3 is 5.51 Å². The monoisotopic (exact) mass is 387 g/mol. The number of hydrogen-bond acceptors (Lipinski definition) is 3. The molecule has 0 heterocycles. The fourth-order valence-electron chi connectivity index (χ4n) is 1.93. The van der Waals surface area contributed by atoms with Crippen molar-refractivity contribution in [2.75, 3.05) is 16.8 Å². The zero-order valence-corrected chi connectivity index (χ0v) is 14.1. The third kappa shape index (κ3) is 4.12. The lowest BCUT2D eigenvalue weighted by Crippen LogP contribution is -2.34. The Hall–Kier alpha value is -0.760. The molecule has 0 saturated heterocycles. The summed E-state index contributed by atoms with van der Waals surface area (Å²) in [6.07, 6.45) is 0.693. The number of halogens is 4. The van der Waals surface area contributed by atoms with Crippen LogP contribution >= 0.6 is 15.9 Å². The van der Waals surface area contributed by atoms with Crippen molar-refractivity contribution in [3.63, 3.8) is 0 Å². The fraction of sp³-hybridized carbons (Fsp3) is 0.538. The molecule has 0 aromatic heterocycles. The molecule has 3 nitrogen and oxygen atoms in total. The van der Waals surface area contributed by atoms with Crippen LogP contribution in [0.1, 0.15) is 20.3 Å². The Morgan fingerprint density at radius 1 is 1.24 bits per heavy atom. The molecule has 1 rings (SSSR count). The SMILES string of the molecule is CC(C)N(CCCBr)c1ccccc1S(=O)(=O)C(F)(F)F. The third-order valence-electron chi connectivity index (χ3n) is 2.92. The smallest absolute Gasteiger partial charge is 0.368 e. The molecule has 21 heavy (non-hydrogen) atoms. The van der Waals surface area contributed by atoms with Gasteiger partial charge in [0.2, 0.25) is 0 Å². The van der Waals surface area contributed by atoms with Crippen molar-refractivity contribution in [1.29, 1.82) is 0 Å². The first-order valence-electron chi connectivity index (χ1n) is 6.36.